The van der Waals surface area contributed by atoms with Crippen LogP contribution in [0.3, 0.4) is 0 Å². The predicted molar refractivity (Wildman–Crippen MR) is 131 cm³/mol. The Hall–Kier alpha value is -1.04. The van der Waals surface area contributed by atoms with Gasteiger partial charge in [-0.1, -0.05) is 24.6 Å². The molecule has 0 radical (unpaired) electrons. The molecule has 170 valence electrons. The number of piperidine rings is 1. The minimum atomic E-state index is -0.0939. The molecule has 1 aliphatic carbocycles. The fourth-order valence-corrected chi connectivity index (χ4v) is 4.99. The van der Waals surface area contributed by atoms with Gasteiger partial charge in [0.15, 0.2) is 11.1 Å². The van der Waals surface area contributed by atoms with Gasteiger partial charge in [0.2, 0.25) is 0 Å². The highest BCUT2D eigenvalue weighted by atomic mass is 127. The third-order valence-corrected chi connectivity index (χ3v) is 6.65. The topological polar surface area (TPSA) is 84.6 Å². The Kier molecular flexibility index (Phi) is 10.7. The van der Waals surface area contributed by atoms with Crippen molar-refractivity contribution in [2.24, 2.45) is 10.9 Å². The van der Waals surface area contributed by atoms with Crippen molar-refractivity contribution in [1.82, 2.24) is 25.0 Å². The number of aromatic nitrogens is 3. The van der Waals surface area contributed by atoms with E-state index in [1.54, 1.807) is 11.8 Å². The molecular formula is C20H35IN6O2S. The van der Waals surface area contributed by atoms with Crippen LogP contribution in [-0.2, 0) is 16.0 Å². The number of ether oxygens (including phenoxy) is 1. The zero-order valence-electron chi connectivity index (χ0n) is 18.3. The summed E-state index contributed by atoms with van der Waals surface area (Å²) < 4.78 is 7.25. The number of likely N-dealkylation sites (tertiary alicyclic amines) is 1. The van der Waals surface area contributed by atoms with Crippen molar-refractivity contribution in [2.45, 2.75) is 62.6 Å². The molecule has 1 saturated heterocycles. The van der Waals surface area contributed by atoms with Gasteiger partial charge >= 0.3 is 5.97 Å². The van der Waals surface area contributed by atoms with E-state index in [4.69, 9.17) is 4.74 Å². The second-order valence-corrected chi connectivity index (χ2v) is 8.55. The summed E-state index contributed by atoms with van der Waals surface area (Å²) >= 11 is 1.69. The summed E-state index contributed by atoms with van der Waals surface area (Å²) in [6, 6.07) is 0.569. The van der Waals surface area contributed by atoms with Gasteiger partial charge in [0, 0.05) is 39.1 Å². The first-order valence-corrected chi connectivity index (χ1v) is 11.9. The summed E-state index contributed by atoms with van der Waals surface area (Å²) in [5, 5.41) is 13.4. The number of rotatable bonds is 7. The molecule has 1 aromatic heterocycles. The molecule has 1 N–H and O–H groups in total. The van der Waals surface area contributed by atoms with Crippen LogP contribution < -0.4 is 5.32 Å². The lowest BCUT2D eigenvalue weighted by Gasteiger charge is -2.33. The summed E-state index contributed by atoms with van der Waals surface area (Å²) in [6.07, 6.45) is 10.7. The van der Waals surface area contributed by atoms with E-state index in [0.717, 1.165) is 62.3 Å². The predicted octanol–water partition coefficient (Wildman–Crippen LogP) is 3.13. The van der Waals surface area contributed by atoms with Crippen molar-refractivity contribution < 1.29 is 9.53 Å². The maximum atomic E-state index is 11.7. The van der Waals surface area contributed by atoms with Gasteiger partial charge in [0.25, 0.3) is 0 Å². The standard InChI is InChI=1S/C20H34N6O2S.HI/c1-21-19(25-13-10-15(11-14-25)18(27)28-2)22-12-6-9-17-23-24-20(29-3)26(17)16-7-4-5-8-16;/h15-16H,4-14H2,1-3H3,(H,21,22);1H. The Balaban J connectivity index is 0.00000320. The Morgan fingerprint density at radius 1 is 1.23 bits per heavy atom. The highest BCUT2D eigenvalue weighted by Crippen LogP contribution is 2.33. The number of halogens is 1. The highest BCUT2D eigenvalue weighted by Gasteiger charge is 2.27. The Morgan fingerprint density at radius 3 is 2.53 bits per heavy atom. The van der Waals surface area contributed by atoms with Crippen LogP contribution in [0.4, 0.5) is 0 Å². The lowest BCUT2D eigenvalue weighted by Crippen LogP contribution is -2.46. The molecule has 0 atom stereocenters. The van der Waals surface area contributed by atoms with E-state index in [0.29, 0.717) is 6.04 Å². The van der Waals surface area contributed by atoms with Crippen molar-refractivity contribution >= 4 is 47.7 Å². The fraction of sp³-hybridized carbons (Fsp3) is 0.800. The van der Waals surface area contributed by atoms with Crippen LogP contribution in [0.25, 0.3) is 0 Å². The lowest BCUT2D eigenvalue weighted by atomic mass is 9.97. The first kappa shape index (κ1) is 25.2. The molecule has 1 aromatic rings. The number of nitrogens with one attached hydrogen (secondary N) is 1. The van der Waals surface area contributed by atoms with Crippen molar-refractivity contribution in [3.05, 3.63) is 5.82 Å². The van der Waals surface area contributed by atoms with Crippen LogP contribution in [0.1, 0.15) is 56.8 Å². The fourth-order valence-electron chi connectivity index (χ4n) is 4.42. The molecule has 0 unspecified atom stereocenters. The van der Waals surface area contributed by atoms with Crippen LogP contribution in [0.5, 0.6) is 0 Å². The average Bonchev–Trinajstić information content (AvgIpc) is 3.42. The van der Waals surface area contributed by atoms with E-state index in [1.165, 1.54) is 32.8 Å². The van der Waals surface area contributed by atoms with Gasteiger partial charge in [-0.15, -0.1) is 34.2 Å². The van der Waals surface area contributed by atoms with Gasteiger partial charge in [-0.3, -0.25) is 9.79 Å². The summed E-state index contributed by atoms with van der Waals surface area (Å²) in [7, 11) is 3.28. The zero-order valence-corrected chi connectivity index (χ0v) is 21.4. The van der Waals surface area contributed by atoms with E-state index >= 15 is 0 Å². The molecule has 1 aliphatic heterocycles. The van der Waals surface area contributed by atoms with E-state index < -0.39 is 0 Å². The number of aryl methyl sites for hydroxylation is 1. The molecule has 2 aliphatic rings. The Morgan fingerprint density at radius 2 is 1.93 bits per heavy atom. The van der Waals surface area contributed by atoms with Crippen molar-refractivity contribution in [2.75, 3.05) is 40.0 Å². The summed E-state index contributed by atoms with van der Waals surface area (Å²) in [5.74, 6) is 1.94. The van der Waals surface area contributed by atoms with Gasteiger partial charge in [0.05, 0.1) is 13.0 Å². The quantitative estimate of drug-likeness (QED) is 0.140. The normalized spacial score (nSPS) is 18.4. The first-order chi connectivity index (χ1) is 14.2. The van der Waals surface area contributed by atoms with E-state index in [-0.39, 0.29) is 35.9 Å². The molecule has 10 heteroatoms. The molecule has 2 fully saturated rings. The number of esters is 1. The molecule has 8 nitrogen and oxygen atoms in total. The average molecular weight is 551 g/mol. The van der Waals surface area contributed by atoms with Crippen molar-refractivity contribution in [3.8, 4) is 0 Å². The number of hydrogen-bond donors (Lipinski definition) is 1. The van der Waals surface area contributed by atoms with E-state index in [9.17, 15) is 4.79 Å². The van der Waals surface area contributed by atoms with Crippen molar-refractivity contribution in [1.29, 1.82) is 0 Å². The van der Waals surface area contributed by atoms with Gasteiger partial charge < -0.3 is 19.5 Å². The maximum Gasteiger partial charge on any atom is 0.308 e. The number of carbonyl (C=O) groups is 1. The van der Waals surface area contributed by atoms with Gasteiger partial charge in [0.1, 0.15) is 5.82 Å². The molecular weight excluding hydrogens is 515 g/mol. The number of guanidine groups is 1. The Labute approximate surface area is 201 Å². The second-order valence-electron chi connectivity index (χ2n) is 7.77. The first-order valence-electron chi connectivity index (χ1n) is 10.7. The molecule has 0 spiro atoms. The largest absolute Gasteiger partial charge is 0.469 e. The van der Waals surface area contributed by atoms with Crippen LogP contribution in [0.2, 0.25) is 0 Å². The van der Waals surface area contributed by atoms with E-state index in [1.807, 2.05) is 7.05 Å². The molecule has 2 heterocycles. The van der Waals surface area contributed by atoms with Crippen LogP contribution in [0, 0.1) is 5.92 Å². The molecule has 0 aromatic carbocycles. The summed E-state index contributed by atoms with van der Waals surface area (Å²) in [4.78, 5) is 18.4. The lowest BCUT2D eigenvalue weighted by molar-refractivity contribution is -0.146. The number of aliphatic imine (C=N–C) groups is 1. The Bertz CT molecular complexity index is 699. The SMILES string of the molecule is CN=C(NCCCc1nnc(SC)n1C1CCCC1)N1CCC(C(=O)OC)CC1.I. The molecule has 0 bridgehead atoms. The third kappa shape index (κ3) is 6.24. The van der Waals surface area contributed by atoms with Crippen LogP contribution in [-0.4, -0.2) is 71.6 Å². The van der Waals surface area contributed by atoms with Crippen LogP contribution in [0.15, 0.2) is 10.1 Å². The zero-order chi connectivity index (χ0) is 20.6. The number of methoxy groups -OCH3 is 1. The summed E-state index contributed by atoms with van der Waals surface area (Å²) in [5.41, 5.74) is 0. The maximum absolute atomic E-state index is 11.7. The number of hydrogen-bond acceptors (Lipinski definition) is 6. The van der Waals surface area contributed by atoms with Gasteiger partial charge in [-0.25, -0.2) is 0 Å². The second kappa shape index (κ2) is 12.7. The minimum Gasteiger partial charge on any atom is -0.469 e. The molecule has 0 amide bonds. The molecule has 1 saturated carbocycles. The number of thioether (sulfide) groups is 1. The number of nitrogens with zero attached hydrogens (tertiary/aromatic N) is 5. The summed E-state index contributed by atoms with van der Waals surface area (Å²) in [6.45, 7) is 2.49. The minimum absolute atomic E-state index is 0. The third-order valence-electron chi connectivity index (χ3n) is 6.01. The molecule has 30 heavy (non-hydrogen) atoms. The monoisotopic (exact) mass is 550 g/mol. The van der Waals surface area contributed by atoms with Crippen molar-refractivity contribution in [3.63, 3.8) is 0 Å². The van der Waals surface area contributed by atoms with E-state index in [2.05, 4.69) is 36.2 Å². The molecule has 3 rings (SSSR count). The van der Waals surface area contributed by atoms with Crippen LogP contribution >= 0.6 is 35.7 Å². The van der Waals surface area contributed by atoms with Gasteiger partial charge in [-0.2, -0.15) is 0 Å². The number of carbonyl (C=O) groups excluding carboxylic acids is 1. The smallest absolute Gasteiger partial charge is 0.308 e. The van der Waals surface area contributed by atoms with Gasteiger partial charge in [-0.05, 0) is 38.4 Å². The highest BCUT2D eigenvalue weighted by molar-refractivity contribution is 14.0.